The van der Waals surface area contributed by atoms with Gasteiger partial charge < -0.3 is 5.32 Å². The quantitative estimate of drug-likeness (QED) is 0.826. The van der Waals surface area contributed by atoms with E-state index in [1.165, 1.54) is 23.1 Å². The van der Waals surface area contributed by atoms with Crippen LogP contribution in [0.25, 0.3) is 0 Å². The van der Waals surface area contributed by atoms with Crippen LogP contribution in [-0.2, 0) is 4.79 Å². The smallest absolute Gasteiger partial charge is 0.238 e. The molecule has 0 saturated heterocycles. The van der Waals surface area contributed by atoms with Crippen LogP contribution in [0, 0.1) is 6.92 Å². The predicted octanol–water partition coefficient (Wildman–Crippen LogP) is 3.13. The molecule has 0 fully saturated rings. The SMILES string of the molecule is CC[C@H](C)n1nccc1NC(=O)[C@H](C)Sc1nnc(C)s1. The van der Waals surface area contributed by atoms with Gasteiger partial charge in [0.15, 0.2) is 4.34 Å². The van der Waals surface area contributed by atoms with E-state index in [9.17, 15) is 4.79 Å². The summed E-state index contributed by atoms with van der Waals surface area (Å²) in [6.45, 7) is 7.93. The zero-order valence-electron chi connectivity index (χ0n) is 12.5. The van der Waals surface area contributed by atoms with Crippen LogP contribution in [0.3, 0.4) is 0 Å². The lowest BCUT2D eigenvalue weighted by Crippen LogP contribution is -2.24. The third-order valence-corrected chi connectivity index (χ3v) is 5.11. The van der Waals surface area contributed by atoms with Crippen molar-refractivity contribution in [1.82, 2.24) is 20.0 Å². The summed E-state index contributed by atoms with van der Waals surface area (Å²) in [5.74, 6) is 0.674. The number of amides is 1. The number of aromatic nitrogens is 4. The average molecular weight is 325 g/mol. The molecule has 0 radical (unpaired) electrons. The number of hydrogen-bond acceptors (Lipinski definition) is 6. The molecule has 8 heteroatoms. The highest BCUT2D eigenvalue weighted by molar-refractivity contribution is 8.02. The Kier molecular flexibility index (Phi) is 5.35. The molecule has 0 aromatic carbocycles. The number of carbonyl (C=O) groups excluding carboxylic acids is 1. The van der Waals surface area contributed by atoms with Crippen LogP contribution in [0.15, 0.2) is 16.6 Å². The van der Waals surface area contributed by atoms with Crippen molar-refractivity contribution < 1.29 is 4.79 Å². The first kappa shape index (κ1) is 16.0. The van der Waals surface area contributed by atoms with Crippen molar-refractivity contribution in [3.8, 4) is 0 Å². The fraction of sp³-hybridized carbons (Fsp3) is 0.538. The van der Waals surface area contributed by atoms with Gasteiger partial charge in [0.2, 0.25) is 5.91 Å². The molecule has 114 valence electrons. The Bertz CT molecular complexity index is 609. The van der Waals surface area contributed by atoms with E-state index in [-0.39, 0.29) is 17.2 Å². The van der Waals surface area contributed by atoms with E-state index >= 15 is 0 Å². The second-order valence-corrected chi connectivity index (χ2v) is 7.52. The van der Waals surface area contributed by atoms with E-state index < -0.39 is 0 Å². The number of hydrogen-bond donors (Lipinski definition) is 1. The van der Waals surface area contributed by atoms with Crippen LogP contribution in [0.1, 0.15) is 38.2 Å². The molecule has 21 heavy (non-hydrogen) atoms. The molecule has 0 unspecified atom stereocenters. The molecule has 6 nitrogen and oxygen atoms in total. The minimum Gasteiger partial charge on any atom is -0.310 e. The van der Waals surface area contributed by atoms with Gasteiger partial charge in [0.1, 0.15) is 10.8 Å². The Morgan fingerprint density at radius 3 is 2.86 bits per heavy atom. The van der Waals surface area contributed by atoms with Crippen molar-refractivity contribution in [3.63, 3.8) is 0 Å². The molecule has 2 atom stereocenters. The highest BCUT2D eigenvalue weighted by Crippen LogP contribution is 2.27. The van der Waals surface area contributed by atoms with Crippen LogP contribution in [0.2, 0.25) is 0 Å². The Balaban J connectivity index is 1.99. The lowest BCUT2D eigenvalue weighted by Gasteiger charge is -2.15. The van der Waals surface area contributed by atoms with Gasteiger partial charge in [-0.1, -0.05) is 30.0 Å². The molecule has 1 N–H and O–H groups in total. The van der Waals surface area contributed by atoms with Gasteiger partial charge in [-0.2, -0.15) is 5.10 Å². The van der Waals surface area contributed by atoms with Gasteiger partial charge in [-0.3, -0.25) is 4.79 Å². The number of aryl methyl sites for hydroxylation is 1. The van der Waals surface area contributed by atoms with Gasteiger partial charge in [-0.15, -0.1) is 10.2 Å². The van der Waals surface area contributed by atoms with Crippen molar-refractivity contribution in [2.45, 2.75) is 49.7 Å². The summed E-state index contributed by atoms with van der Waals surface area (Å²) in [7, 11) is 0. The Morgan fingerprint density at radius 2 is 2.24 bits per heavy atom. The normalized spacial score (nSPS) is 13.9. The molecule has 0 bridgehead atoms. The first-order chi connectivity index (χ1) is 10.0. The highest BCUT2D eigenvalue weighted by Gasteiger charge is 2.19. The fourth-order valence-corrected chi connectivity index (χ4v) is 3.66. The molecule has 2 aromatic heterocycles. The Hall–Kier alpha value is -1.41. The van der Waals surface area contributed by atoms with Crippen molar-refractivity contribution in [2.24, 2.45) is 0 Å². The number of nitrogens with one attached hydrogen (secondary N) is 1. The first-order valence-corrected chi connectivity index (χ1v) is 8.52. The molecule has 2 heterocycles. The summed E-state index contributed by atoms with van der Waals surface area (Å²) in [5.41, 5.74) is 0. The summed E-state index contributed by atoms with van der Waals surface area (Å²) in [6, 6.07) is 2.07. The lowest BCUT2D eigenvalue weighted by molar-refractivity contribution is -0.115. The topological polar surface area (TPSA) is 72.7 Å². The average Bonchev–Trinajstić information content (AvgIpc) is 3.07. The Labute approximate surface area is 132 Å². The van der Waals surface area contributed by atoms with E-state index in [0.29, 0.717) is 0 Å². The van der Waals surface area contributed by atoms with Gasteiger partial charge in [0, 0.05) is 6.07 Å². The number of carbonyl (C=O) groups is 1. The van der Waals surface area contributed by atoms with Crippen LogP contribution < -0.4 is 5.32 Å². The van der Waals surface area contributed by atoms with E-state index in [4.69, 9.17) is 0 Å². The van der Waals surface area contributed by atoms with E-state index in [0.717, 1.165) is 21.6 Å². The predicted molar refractivity (Wildman–Crippen MR) is 85.8 cm³/mol. The lowest BCUT2D eigenvalue weighted by atomic mass is 10.3. The largest absolute Gasteiger partial charge is 0.310 e. The molecular weight excluding hydrogens is 306 g/mol. The molecule has 0 aliphatic rings. The molecule has 1 amide bonds. The number of anilines is 1. The van der Waals surface area contributed by atoms with Gasteiger partial charge in [0.05, 0.1) is 17.5 Å². The van der Waals surface area contributed by atoms with E-state index in [1.54, 1.807) is 6.20 Å². The van der Waals surface area contributed by atoms with Gasteiger partial charge in [0.25, 0.3) is 0 Å². The van der Waals surface area contributed by atoms with Crippen molar-refractivity contribution in [2.75, 3.05) is 5.32 Å². The molecule has 0 spiro atoms. The van der Waals surface area contributed by atoms with Crippen LogP contribution >= 0.6 is 23.1 Å². The van der Waals surface area contributed by atoms with Crippen LogP contribution in [0.5, 0.6) is 0 Å². The molecule has 2 aromatic rings. The van der Waals surface area contributed by atoms with E-state index in [2.05, 4.69) is 34.5 Å². The summed E-state index contributed by atoms with van der Waals surface area (Å²) in [5, 5.41) is 15.8. The maximum absolute atomic E-state index is 12.3. The summed E-state index contributed by atoms with van der Waals surface area (Å²) in [6.07, 6.45) is 2.66. The molecule has 2 rings (SSSR count). The maximum atomic E-state index is 12.3. The standard InChI is InChI=1S/C13H19N5OS2/c1-5-8(2)18-11(6-7-14-18)15-12(19)9(3)20-13-17-16-10(4)21-13/h6-9H,5H2,1-4H3,(H,15,19)/t8-,9-/m0/s1. The van der Waals surface area contributed by atoms with Crippen LogP contribution in [0.4, 0.5) is 5.82 Å². The summed E-state index contributed by atoms with van der Waals surface area (Å²) in [4.78, 5) is 12.3. The minimum atomic E-state index is -0.238. The Morgan fingerprint density at radius 1 is 1.48 bits per heavy atom. The summed E-state index contributed by atoms with van der Waals surface area (Å²) < 4.78 is 2.65. The molecular formula is C13H19N5OS2. The number of thioether (sulfide) groups is 1. The molecule has 0 saturated carbocycles. The van der Waals surface area contributed by atoms with Gasteiger partial charge in [-0.25, -0.2) is 4.68 Å². The maximum Gasteiger partial charge on any atom is 0.238 e. The monoisotopic (exact) mass is 325 g/mol. The highest BCUT2D eigenvalue weighted by atomic mass is 32.2. The van der Waals surface area contributed by atoms with Crippen molar-refractivity contribution in [1.29, 1.82) is 0 Å². The number of rotatable bonds is 6. The molecule has 0 aliphatic heterocycles. The van der Waals surface area contributed by atoms with Crippen LogP contribution in [-0.4, -0.2) is 31.1 Å². The van der Waals surface area contributed by atoms with Gasteiger partial charge in [-0.05, 0) is 27.2 Å². The zero-order chi connectivity index (χ0) is 15.4. The second-order valence-electron chi connectivity index (χ2n) is 4.75. The first-order valence-electron chi connectivity index (χ1n) is 6.82. The zero-order valence-corrected chi connectivity index (χ0v) is 14.2. The third-order valence-electron chi connectivity index (χ3n) is 3.08. The molecule has 0 aliphatic carbocycles. The second kappa shape index (κ2) is 7.04. The van der Waals surface area contributed by atoms with E-state index in [1.807, 2.05) is 24.6 Å². The third kappa shape index (κ3) is 4.04. The number of nitrogens with zero attached hydrogens (tertiary/aromatic N) is 4. The van der Waals surface area contributed by atoms with Gasteiger partial charge >= 0.3 is 0 Å². The fourth-order valence-electron chi connectivity index (χ4n) is 1.70. The minimum absolute atomic E-state index is 0.0575. The van der Waals surface area contributed by atoms with Crippen molar-refractivity contribution >= 4 is 34.8 Å². The summed E-state index contributed by atoms with van der Waals surface area (Å²) >= 11 is 2.91. The van der Waals surface area contributed by atoms with Crippen molar-refractivity contribution in [3.05, 3.63) is 17.3 Å².